The minimum absolute atomic E-state index is 0.289. The summed E-state index contributed by atoms with van der Waals surface area (Å²) < 4.78 is 39.5. The highest BCUT2D eigenvalue weighted by Crippen LogP contribution is 2.42. The lowest BCUT2D eigenvalue weighted by Crippen LogP contribution is -1.96. The Morgan fingerprint density at radius 2 is 1.00 bits per heavy atom. The molecule has 0 spiro atoms. The van der Waals surface area contributed by atoms with Gasteiger partial charge in [-0.2, -0.15) is 0 Å². The van der Waals surface area contributed by atoms with Gasteiger partial charge in [-0.1, -0.05) is 23.2 Å². The molecule has 0 atom stereocenters. The van der Waals surface area contributed by atoms with Crippen LogP contribution in [0.15, 0.2) is 48.5 Å². The van der Waals surface area contributed by atoms with E-state index in [9.17, 15) is 8.78 Å². The van der Waals surface area contributed by atoms with Crippen LogP contribution in [0.4, 0.5) is 8.78 Å². The van der Waals surface area contributed by atoms with Crippen LogP contribution in [0.5, 0.6) is 11.5 Å². The lowest BCUT2D eigenvalue weighted by atomic mass is 9.97. The van der Waals surface area contributed by atoms with Gasteiger partial charge in [0.25, 0.3) is 0 Å². The molecular weight excluding hydrogens is 381 g/mol. The van der Waals surface area contributed by atoms with E-state index in [2.05, 4.69) is 0 Å². The van der Waals surface area contributed by atoms with E-state index in [1.807, 2.05) is 0 Å². The minimum Gasteiger partial charge on any atom is -0.496 e. The predicted molar refractivity (Wildman–Crippen MR) is 100 cm³/mol. The molecule has 3 rings (SSSR count). The van der Waals surface area contributed by atoms with Crippen molar-refractivity contribution >= 4 is 23.2 Å². The van der Waals surface area contributed by atoms with Gasteiger partial charge in [0.2, 0.25) is 0 Å². The first-order chi connectivity index (χ1) is 12.4. The molecule has 0 unspecified atom stereocenters. The van der Waals surface area contributed by atoms with Crippen molar-refractivity contribution < 1.29 is 18.3 Å². The Balaban J connectivity index is 2.24. The van der Waals surface area contributed by atoms with Gasteiger partial charge in [0.15, 0.2) is 0 Å². The number of benzene rings is 3. The summed E-state index contributed by atoms with van der Waals surface area (Å²) in [5, 5.41) is 0.578. The van der Waals surface area contributed by atoms with E-state index >= 15 is 0 Å². The van der Waals surface area contributed by atoms with Gasteiger partial charge in [0.1, 0.15) is 23.1 Å². The highest BCUT2D eigenvalue weighted by Gasteiger charge is 2.18. The van der Waals surface area contributed by atoms with E-state index in [0.29, 0.717) is 33.8 Å². The molecule has 0 radical (unpaired) electrons. The second-order valence-corrected chi connectivity index (χ2v) is 6.37. The molecule has 0 amide bonds. The summed E-state index contributed by atoms with van der Waals surface area (Å²) >= 11 is 11.6. The maximum Gasteiger partial charge on any atom is 0.132 e. The quantitative estimate of drug-likeness (QED) is 0.494. The molecule has 0 aliphatic rings. The van der Waals surface area contributed by atoms with Crippen LogP contribution in [0, 0.1) is 11.6 Å². The number of hydrogen-bond acceptors (Lipinski definition) is 2. The lowest BCUT2D eigenvalue weighted by Gasteiger charge is -2.16. The molecule has 3 aromatic rings. The summed E-state index contributed by atoms with van der Waals surface area (Å²) in [6.07, 6.45) is 0. The maximum atomic E-state index is 14.4. The Labute approximate surface area is 159 Å². The molecule has 0 aliphatic carbocycles. The predicted octanol–water partition coefficient (Wildman–Crippen LogP) is 6.62. The van der Waals surface area contributed by atoms with Gasteiger partial charge in [0, 0.05) is 32.3 Å². The summed E-state index contributed by atoms with van der Waals surface area (Å²) in [7, 11) is 2.92. The normalized spacial score (nSPS) is 10.7. The molecular formula is C20H14Cl2F2O2. The van der Waals surface area contributed by atoms with Crippen molar-refractivity contribution in [3.8, 4) is 33.8 Å². The van der Waals surface area contributed by atoms with E-state index in [-0.39, 0.29) is 10.0 Å². The van der Waals surface area contributed by atoms with E-state index < -0.39 is 11.6 Å². The van der Waals surface area contributed by atoms with Crippen LogP contribution in [-0.2, 0) is 0 Å². The molecule has 0 heterocycles. The summed E-state index contributed by atoms with van der Waals surface area (Å²) in [6.45, 7) is 0. The molecule has 3 aromatic carbocycles. The van der Waals surface area contributed by atoms with Crippen molar-refractivity contribution in [2.45, 2.75) is 0 Å². The second kappa shape index (κ2) is 7.52. The molecule has 134 valence electrons. The summed E-state index contributed by atoms with van der Waals surface area (Å²) in [4.78, 5) is 0. The van der Waals surface area contributed by atoms with Crippen molar-refractivity contribution in [2.24, 2.45) is 0 Å². The maximum absolute atomic E-state index is 14.4. The molecule has 0 bridgehead atoms. The fourth-order valence-corrected chi connectivity index (χ4v) is 3.05. The Hall–Kier alpha value is -2.30. The molecule has 0 N–H and O–H groups in total. The zero-order chi connectivity index (χ0) is 18.8. The average Bonchev–Trinajstić information content (AvgIpc) is 2.61. The zero-order valence-corrected chi connectivity index (χ0v) is 15.5. The highest BCUT2D eigenvalue weighted by atomic mass is 35.5. The fraction of sp³-hybridized carbons (Fsp3) is 0.100. The van der Waals surface area contributed by atoms with Gasteiger partial charge in [-0.15, -0.1) is 0 Å². The molecule has 0 aliphatic heterocycles. The van der Waals surface area contributed by atoms with Gasteiger partial charge in [-0.05, 0) is 48.5 Å². The topological polar surface area (TPSA) is 18.5 Å². The first kappa shape index (κ1) is 18.5. The summed E-state index contributed by atoms with van der Waals surface area (Å²) in [6, 6.07) is 11.9. The number of ether oxygens (including phenoxy) is 2. The summed E-state index contributed by atoms with van der Waals surface area (Å²) in [5.41, 5.74) is 1.54. The second-order valence-electron chi connectivity index (χ2n) is 5.50. The monoisotopic (exact) mass is 394 g/mol. The van der Waals surface area contributed by atoms with Crippen molar-refractivity contribution in [3.63, 3.8) is 0 Å². The smallest absolute Gasteiger partial charge is 0.132 e. The first-order valence-corrected chi connectivity index (χ1v) is 8.37. The SMILES string of the molecule is COc1cc(-c2ccc(Cl)cc2F)c(OC)cc1-c1ccc(Cl)cc1F. The third-order valence-corrected chi connectivity index (χ3v) is 4.43. The van der Waals surface area contributed by atoms with E-state index in [4.69, 9.17) is 32.7 Å². The standard InChI is InChI=1S/C20H14Cl2F2O2/c1-25-19-9-16(14-6-4-12(22)8-18(14)24)20(26-2)10-15(19)13-5-3-11(21)7-17(13)23/h3-10H,1-2H3. The van der Waals surface area contributed by atoms with Crippen LogP contribution in [0.2, 0.25) is 10.0 Å². The van der Waals surface area contributed by atoms with Crippen LogP contribution < -0.4 is 9.47 Å². The number of methoxy groups -OCH3 is 2. The van der Waals surface area contributed by atoms with Gasteiger partial charge in [-0.25, -0.2) is 8.78 Å². The lowest BCUT2D eigenvalue weighted by molar-refractivity contribution is 0.405. The van der Waals surface area contributed by atoms with Gasteiger partial charge >= 0.3 is 0 Å². The van der Waals surface area contributed by atoms with Gasteiger partial charge < -0.3 is 9.47 Å². The Bertz CT molecular complexity index is 895. The first-order valence-electron chi connectivity index (χ1n) is 7.61. The average molecular weight is 395 g/mol. The van der Waals surface area contributed by atoms with Gasteiger partial charge in [0.05, 0.1) is 14.2 Å². The van der Waals surface area contributed by atoms with E-state index in [1.54, 1.807) is 36.4 Å². The van der Waals surface area contributed by atoms with Crippen LogP contribution in [0.1, 0.15) is 0 Å². The van der Waals surface area contributed by atoms with E-state index in [0.717, 1.165) is 0 Å². The molecule has 0 aromatic heterocycles. The Kier molecular flexibility index (Phi) is 5.35. The van der Waals surface area contributed by atoms with Crippen LogP contribution >= 0.6 is 23.2 Å². The van der Waals surface area contributed by atoms with Crippen molar-refractivity contribution in [1.82, 2.24) is 0 Å². The molecule has 6 heteroatoms. The molecule has 2 nitrogen and oxygen atoms in total. The van der Waals surface area contributed by atoms with Gasteiger partial charge in [-0.3, -0.25) is 0 Å². The van der Waals surface area contributed by atoms with Crippen molar-refractivity contribution in [1.29, 1.82) is 0 Å². The molecule has 26 heavy (non-hydrogen) atoms. The Morgan fingerprint density at radius 1 is 0.615 bits per heavy atom. The largest absolute Gasteiger partial charge is 0.496 e. The Morgan fingerprint density at radius 3 is 1.31 bits per heavy atom. The van der Waals surface area contributed by atoms with Crippen LogP contribution in [0.3, 0.4) is 0 Å². The van der Waals surface area contributed by atoms with Crippen LogP contribution in [-0.4, -0.2) is 14.2 Å². The van der Waals surface area contributed by atoms with E-state index in [1.165, 1.54) is 26.4 Å². The fourth-order valence-electron chi connectivity index (χ4n) is 2.73. The molecule has 0 saturated heterocycles. The number of rotatable bonds is 4. The minimum atomic E-state index is -0.497. The summed E-state index contributed by atoms with van der Waals surface area (Å²) in [5.74, 6) is -0.251. The van der Waals surface area contributed by atoms with Crippen molar-refractivity contribution in [3.05, 3.63) is 70.2 Å². The third-order valence-electron chi connectivity index (χ3n) is 3.96. The van der Waals surface area contributed by atoms with Crippen molar-refractivity contribution in [2.75, 3.05) is 14.2 Å². The number of halogens is 4. The molecule has 0 fully saturated rings. The number of hydrogen-bond donors (Lipinski definition) is 0. The third kappa shape index (κ3) is 3.48. The zero-order valence-electron chi connectivity index (χ0n) is 13.9. The molecule has 0 saturated carbocycles. The highest BCUT2D eigenvalue weighted by molar-refractivity contribution is 6.31. The van der Waals surface area contributed by atoms with Crippen LogP contribution in [0.25, 0.3) is 22.3 Å².